The molecule has 0 bridgehead atoms. The maximum absolute atomic E-state index is 14.0. The van der Waals surface area contributed by atoms with E-state index in [4.69, 9.17) is 16.3 Å². The summed E-state index contributed by atoms with van der Waals surface area (Å²) >= 11 is 5.67. The zero-order chi connectivity index (χ0) is 12.4. The topological polar surface area (TPSA) is 21.3 Å². The van der Waals surface area contributed by atoms with Crippen molar-refractivity contribution in [3.63, 3.8) is 0 Å². The summed E-state index contributed by atoms with van der Waals surface area (Å²) in [6.45, 7) is 0.793. The molecule has 17 heavy (non-hydrogen) atoms. The van der Waals surface area contributed by atoms with Crippen LogP contribution < -0.4 is 10.1 Å². The molecule has 2 nitrogen and oxygen atoms in total. The molecule has 1 aliphatic heterocycles. The fourth-order valence-corrected chi connectivity index (χ4v) is 2.41. The lowest BCUT2D eigenvalue weighted by atomic mass is 9.96. The quantitative estimate of drug-likeness (QED) is 0.824. The van der Waals surface area contributed by atoms with E-state index in [1.807, 2.05) is 0 Å². The summed E-state index contributed by atoms with van der Waals surface area (Å²) in [4.78, 5) is 0. The van der Waals surface area contributed by atoms with Gasteiger partial charge in [-0.25, -0.2) is 8.78 Å². The minimum Gasteiger partial charge on any atom is -0.493 e. The number of hydrogen-bond donors (Lipinski definition) is 1. The van der Waals surface area contributed by atoms with Crippen molar-refractivity contribution in [2.45, 2.75) is 25.3 Å². The van der Waals surface area contributed by atoms with Crippen molar-refractivity contribution in [3.05, 3.63) is 28.3 Å². The number of nitrogens with one attached hydrogen (secondary N) is 1. The Morgan fingerprint density at radius 1 is 1.41 bits per heavy atom. The zero-order valence-electron chi connectivity index (χ0n) is 9.53. The van der Waals surface area contributed by atoms with E-state index < -0.39 is 11.6 Å². The molecule has 0 radical (unpaired) electrons. The summed E-state index contributed by atoms with van der Waals surface area (Å²) < 4.78 is 32.6. The molecule has 1 aromatic rings. The maximum Gasteiger partial charge on any atom is 0.167 e. The number of hydrogen-bond acceptors (Lipinski definition) is 2. The van der Waals surface area contributed by atoms with Crippen molar-refractivity contribution >= 4 is 11.6 Å². The second kappa shape index (κ2) is 5.19. The molecular weight excluding hydrogens is 248 g/mol. The van der Waals surface area contributed by atoms with Crippen LogP contribution in [0.4, 0.5) is 8.78 Å². The Morgan fingerprint density at radius 3 is 2.76 bits per heavy atom. The molecule has 1 unspecified atom stereocenters. The Labute approximate surface area is 104 Å². The van der Waals surface area contributed by atoms with Crippen LogP contribution in [-0.2, 0) is 0 Å². The lowest BCUT2D eigenvalue weighted by Gasteiger charge is -2.26. The molecule has 1 atom stereocenters. The monoisotopic (exact) mass is 261 g/mol. The fourth-order valence-electron chi connectivity index (χ4n) is 2.21. The lowest BCUT2D eigenvalue weighted by molar-refractivity contribution is 0.345. The third kappa shape index (κ3) is 2.38. The fraction of sp³-hybridized carbons (Fsp3) is 0.500. The van der Waals surface area contributed by atoms with Crippen LogP contribution in [0, 0.1) is 11.6 Å². The van der Waals surface area contributed by atoms with Gasteiger partial charge in [0.1, 0.15) is 5.82 Å². The van der Waals surface area contributed by atoms with Crippen molar-refractivity contribution in [3.8, 4) is 5.75 Å². The Hall–Kier alpha value is -0.870. The van der Waals surface area contributed by atoms with E-state index in [9.17, 15) is 8.78 Å². The van der Waals surface area contributed by atoms with Gasteiger partial charge >= 0.3 is 0 Å². The molecule has 0 saturated carbocycles. The van der Waals surface area contributed by atoms with Gasteiger partial charge in [-0.1, -0.05) is 18.0 Å². The lowest BCUT2D eigenvalue weighted by Crippen LogP contribution is -2.28. The molecule has 0 amide bonds. The molecule has 1 N–H and O–H groups in total. The van der Waals surface area contributed by atoms with E-state index in [0.29, 0.717) is 0 Å². The van der Waals surface area contributed by atoms with E-state index in [1.54, 1.807) is 0 Å². The van der Waals surface area contributed by atoms with E-state index >= 15 is 0 Å². The number of rotatable bonds is 2. The molecule has 1 heterocycles. The van der Waals surface area contributed by atoms with Crippen LogP contribution in [0.1, 0.15) is 30.9 Å². The Bertz CT molecular complexity index is 419. The van der Waals surface area contributed by atoms with Crippen molar-refractivity contribution in [1.29, 1.82) is 0 Å². The van der Waals surface area contributed by atoms with Gasteiger partial charge < -0.3 is 10.1 Å². The summed E-state index contributed by atoms with van der Waals surface area (Å²) in [6.07, 6.45) is 2.78. The number of methoxy groups -OCH3 is 1. The van der Waals surface area contributed by atoms with E-state index in [-0.39, 0.29) is 22.4 Å². The first-order chi connectivity index (χ1) is 8.15. The van der Waals surface area contributed by atoms with Crippen LogP contribution in [0.2, 0.25) is 5.02 Å². The van der Waals surface area contributed by atoms with Gasteiger partial charge in [0.25, 0.3) is 0 Å². The van der Waals surface area contributed by atoms with E-state index in [0.717, 1.165) is 31.9 Å². The number of ether oxygens (including phenoxy) is 1. The molecule has 1 fully saturated rings. The average Bonchev–Trinajstić information content (AvgIpc) is 2.34. The Morgan fingerprint density at radius 2 is 2.18 bits per heavy atom. The van der Waals surface area contributed by atoms with E-state index in [2.05, 4.69) is 5.32 Å². The van der Waals surface area contributed by atoms with Crippen LogP contribution in [0.25, 0.3) is 0 Å². The molecule has 1 aliphatic rings. The molecule has 1 saturated heterocycles. The van der Waals surface area contributed by atoms with Crippen LogP contribution in [0.5, 0.6) is 5.75 Å². The third-order valence-electron chi connectivity index (χ3n) is 3.02. The highest BCUT2D eigenvalue weighted by Gasteiger charge is 2.26. The molecular formula is C12H14ClF2NO. The zero-order valence-corrected chi connectivity index (χ0v) is 10.3. The van der Waals surface area contributed by atoms with Gasteiger partial charge in [0.05, 0.1) is 17.7 Å². The first kappa shape index (κ1) is 12.6. The predicted octanol–water partition coefficient (Wildman–Crippen LogP) is 3.44. The van der Waals surface area contributed by atoms with Crippen LogP contribution in [0.15, 0.2) is 6.07 Å². The number of piperidine rings is 1. The molecule has 0 aliphatic carbocycles. The first-order valence-electron chi connectivity index (χ1n) is 5.60. The highest BCUT2D eigenvalue weighted by Crippen LogP contribution is 2.37. The highest BCUT2D eigenvalue weighted by molar-refractivity contribution is 6.30. The van der Waals surface area contributed by atoms with Crippen molar-refractivity contribution in [2.24, 2.45) is 0 Å². The minimum atomic E-state index is -0.624. The van der Waals surface area contributed by atoms with Crippen LogP contribution in [0.3, 0.4) is 0 Å². The van der Waals surface area contributed by atoms with Gasteiger partial charge in [-0.3, -0.25) is 0 Å². The first-order valence-corrected chi connectivity index (χ1v) is 5.97. The normalized spacial score (nSPS) is 20.4. The Balaban J connectivity index is 2.48. The number of halogens is 3. The second-order valence-corrected chi connectivity index (χ2v) is 4.51. The SMILES string of the molecule is COc1c(F)cc(Cl)c(F)c1C1CCCCN1. The smallest absolute Gasteiger partial charge is 0.167 e. The van der Waals surface area contributed by atoms with Gasteiger partial charge in [0.15, 0.2) is 11.6 Å². The van der Waals surface area contributed by atoms with Gasteiger partial charge in [-0.2, -0.15) is 0 Å². The van der Waals surface area contributed by atoms with Crippen molar-refractivity contribution < 1.29 is 13.5 Å². The Kier molecular flexibility index (Phi) is 3.84. The summed E-state index contributed by atoms with van der Waals surface area (Å²) in [5.41, 5.74) is 0.206. The van der Waals surface area contributed by atoms with Gasteiger partial charge in [-0.05, 0) is 25.5 Å². The molecule has 94 valence electrons. The summed E-state index contributed by atoms with van der Waals surface area (Å²) in [5.74, 6) is -1.27. The predicted molar refractivity (Wildman–Crippen MR) is 62.5 cm³/mol. The molecule has 1 aromatic carbocycles. The maximum atomic E-state index is 14.0. The highest BCUT2D eigenvalue weighted by atomic mass is 35.5. The molecule has 2 rings (SSSR count). The largest absolute Gasteiger partial charge is 0.493 e. The third-order valence-corrected chi connectivity index (χ3v) is 3.30. The van der Waals surface area contributed by atoms with Crippen molar-refractivity contribution in [2.75, 3.05) is 13.7 Å². The second-order valence-electron chi connectivity index (χ2n) is 4.10. The van der Waals surface area contributed by atoms with E-state index in [1.165, 1.54) is 7.11 Å². The number of benzene rings is 1. The molecule has 0 spiro atoms. The average molecular weight is 262 g/mol. The minimum absolute atomic E-state index is 0.0497. The van der Waals surface area contributed by atoms with Crippen LogP contribution >= 0.6 is 11.6 Å². The van der Waals surface area contributed by atoms with Gasteiger partial charge in [0, 0.05) is 6.04 Å². The van der Waals surface area contributed by atoms with Crippen LogP contribution in [-0.4, -0.2) is 13.7 Å². The van der Waals surface area contributed by atoms with Gasteiger partial charge in [-0.15, -0.1) is 0 Å². The molecule has 5 heteroatoms. The van der Waals surface area contributed by atoms with Gasteiger partial charge in [0.2, 0.25) is 0 Å². The summed E-state index contributed by atoms with van der Waals surface area (Å²) in [6, 6.07) is 0.717. The molecule has 0 aromatic heterocycles. The van der Waals surface area contributed by atoms with Crippen molar-refractivity contribution in [1.82, 2.24) is 5.32 Å². The standard InChI is InChI=1S/C12H14ClF2NO/c1-17-12-8(14)6-7(13)11(15)10(12)9-4-2-3-5-16-9/h6,9,16H,2-5H2,1H3. The summed E-state index contributed by atoms with van der Waals surface area (Å²) in [5, 5.41) is 2.96. The summed E-state index contributed by atoms with van der Waals surface area (Å²) in [7, 11) is 1.33.